The molecule has 1 fully saturated rings. The van der Waals surface area contributed by atoms with Crippen molar-refractivity contribution in [1.82, 2.24) is 4.90 Å². The molecule has 19 heavy (non-hydrogen) atoms. The third-order valence-corrected chi connectivity index (χ3v) is 3.42. The Balaban J connectivity index is 2.00. The number of halogens is 2. The Morgan fingerprint density at radius 3 is 2.32 bits per heavy atom. The van der Waals surface area contributed by atoms with Crippen LogP contribution < -0.4 is 5.73 Å². The highest BCUT2D eigenvalue weighted by molar-refractivity contribution is 5.94. The van der Waals surface area contributed by atoms with Crippen molar-refractivity contribution in [3.63, 3.8) is 0 Å². The summed E-state index contributed by atoms with van der Waals surface area (Å²) < 4.78 is 26.1. The van der Waals surface area contributed by atoms with Gasteiger partial charge in [-0.3, -0.25) is 4.79 Å². The molecule has 5 heteroatoms. The summed E-state index contributed by atoms with van der Waals surface area (Å²) in [5, 5.41) is 0. The Hall–Kier alpha value is -1.49. The molecule has 1 aromatic carbocycles. The second kappa shape index (κ2) is 5.65. The maximum Gasteiger partial charge on any atom is 0.253 e. The standard InChI is InChI=1S/C14H18F2N2O/c15-14(16)6-9-18(10-7-14)13(19)12-3-1-11(2-4-12)5-8-17/h1-4H,5-10,17H2. The van der Waals surface area contributed by atoms with E-state index in [2.05, 4.69) is 0 Å². The number of alkyl halides is 2. The number of carbonyl (C=O) groups excluding carboxylic acids is 1. The van der Waals surface area contributed by atoms with Gasteiger partial charge in [-0.05, 0) is 30.7 Å². The van der Waals surface area contributed by atoms with E-state index in [1.165, 1.54) is 4.90 Å². The number of hydrogen-bond donors (Lipinski definition) is 1. The van der Waals surface area contributed by atoms with E-state index in [9.17, 15) is 13.6 Å². The fourth-order valence-electron chi connectivity index (χ4n) is 2.20. The minimum Gasteiger partial charge on any atom is -0.338 e. The summed E-state index contributed by atoms with van der Waals surface area (Å²) in [5.74, 6) is -2.79. The minimum atomic E-state index is -2.62. The van der Waals surface area contributed by atoms with Crippen molar-refractivity contribution in [2.24, 2.45) is 5.73 Å². The summed E-state index contributed by atoms with van der Waals surface area (Å²) in [6.45, 7) is 0.807. The molecule has 1 heterocycles. The molecule has 1 amide bonds. The fourth-order valence-corrected chi connectivity index (χ4v) is 2.20. The summed E-state index contributed by atoms with van der Waals surface area (Å²) in [7, 11) is 0. The Labute approximate surface area is 111 Å². The van der Waals surface area contributed by atoms with Crippen LogP contribution in [0.4, 0.5) is 8.78 Å². The average molecular weight is 268 g/mol. The SMILES string of the molecule is NCCc1ccc(C(=O)N2CCC(F)(F)CC2)cc1. The topological polar surface area (TPSA) is 46.3 Å². The van der Waals surface area contributed by atoms with Crippen LogP contribution in [0, 0.1) is 0 Å². The lowest BCUT2D eigenvalue weighted by molar-refractivity contribution is -0.0494. The molecule has 2 N–H and O–H groups in total. The summed E-state index contributed by atoms with van der Waals surface area (Å²) >= 11 is 0. The van der Waals surface area contributed by atoms with Crippen LogP contribution in [-0.2, 0) is 6.42 Å². The lowest BCUT2D eigenvalue weighted by Gasteiger charge is -2.31. The van der Waals surface area contributed by atoms with Gasteiger partial charge in [0.15, 0.2) is 0 Å². The third kappa shape index (κ3) is 3.50. The van der Waals surface area contributed by atoms with Gasteiger partial charge in [0.25, 0.3) is 11.8 Å². The summed E-state index contributed by atoms with van der Waals surface area (Å²) in [5.41, 5.74) is 7.08. The number of likely N-dealkylation sites (tertiary alicyclic amines) is 1. The van der Waals surface area contributed by atoms with E-state index in [4.69, 9.17) is 5.73 Å². The number of amides is 1. The Kier molecular flexibility index (Phi) is 4.14. The van der Waals surface area contributed by atoms with Gasteiger partial charge in [0.05, 0.1) is 0 Å². The Morgan fingerprint density at radius 2 is 1.79 bits per heavy atom. The monoisotopic (exact) mass is 268 g/mol. The highest BCUT2D eigenvalue weighted by Gasteiger charge is 2.35. The number of carbonyl (C=O) groups is 1. The van der Waals surface area contributed by atoms with Gasteiger partial charge in [-0.25, -0.2) is 8.78 Å². The van der Waals surface area contributed by atoms with Gasteiger partial charge in [-0.2, -0.15) is 0 Å². The number of nitrogens with two attached hydrogens (primary N) is 1. The molecule has 1 saturated heterocycles. The predicted octanol–water partition coefficient (Wildman–Crippen LogP) is 2.06. The van der Waals surface area contributed by atoms with Crippen LogP contribution in [0.25, 0.3) is 0 Å². The van der Waals surface area contributed by atoms with Crippen molar-refractivity contribution in [2.45, 2.75) is 25.2 Å². The largest absolute Gasteiger partial charge is 0.338 e. The maximum atomic E-state index is 13.0. The quantitative estimate of drug-likeness (QED) is 0.912. The molecule has 2 rings (SSSR count). The number of rotatable bonds is 3. The first-order chi connectivity index (χ1) is 9.02. The molecule has 0 spiro atoms. The molecule has 0 unspecified atom stereocenters. The van der Waals surface area contributed by atoms with Gasteiger partial charge in [-0.1, -0.05) is 12.1 Å². The lowest BCUT2D eigenvalue weighted by Crippen LogP contribution is -2.42. The van der Waals surface area contributed by atoms with Gasteiger partial charge in [0, 0.05) is 31.5 Å². The molecular weight excluding hydrogens is 250 g/mol. The molecule has 1 aromatic rings. The molecule has 0 bridgehead atoms. The van der Waals surface area contributed by atoms with Crippen LogP contribution in [0.1, 0.15) is 28.8 Å². The number of nitrogens with zero attached hydrogens (tertiary/aromatic N) is 1. The Bertz CT molecular complexity index is 435. The molecule has 0 aromatic heterocycles. The van der Waals surface area contributed by atoms with E-state index in [1.54, 1.807) is 12.1 Å². The summed E-state index contributed by atoms with van der Waals surface area (Å²) in [4.78, 5) is 13.6. The highest BCUT2D eigenvalue weighted by Crippen LogP contribution is 2.28. The number of hydrogen-bond acceptors (Lipinski definition) is 2. The first-order valence-corrected chi connectivity index (χ1v) is 6.48. The maximum absolute atomic E-state index is 13.0. The van der Waals surface area contributed by atoms with E-state index in [0.29, 0.717) is 12.1 Å². The molecule has 3 nitrogen and oxygen atoms in total. The molecule has 1 aliphatic heterocycles. The van der Waals surface area contributed by atoms with Crippen molar-refractivity contribution in [3.8, 4) is 0 Å². The minimum absolute atomic E-state index is 0.121. The summed E-state index contributed by atoms with van der Waals surface area (Å²) in [6, 6.07) is 7.19. The third-order valence-electron chi connectivity index (χ3n) is 3.42. The second-order valence-corrected chi connectivity index (χ2v) is 4.88. The van der Waals surface area contributed by atoms with E-state index >= 15 is 0 Å². The first kappa shape index (κ1) is 13.9. The molecule has 0 radical (unpaired) electrons. The molecule has 1 aliphatic rings. The molecule has 0 atom stereocenters. The van der Waals surface area contributed by atoms with Crippen molar-refractivity contribution in [1.29, 1.82) is 0 Å². The van der Waals surface area contributed by atoms with E-state index in [-0.39, 0.29) is 31.8 Å². The number of benzene rings is 1. The normalized spacial score (nSPS) is 18.4. The van der Waals surface area contributed by atoms with Crippen LogP contribution in [-0.4, -0.2) is 36.4 Å². The smallest absolute Gasteiger partial charge is 0.253 e. The van der Waals surface area contributed by atoms with Crippen LogP contribution in [0.15, 0.2) is 24.3 Å². The molecule has 0 saturated carbocycles. The van der Waals surface area contributed by atoms with Crippen molar-refractivity contribution >= 4 is 5.91 Å². The van der Waals surface area contributed by atoms with Crippen molar-refractivity contribution < 1.29 is 13.6 Å². The van der Waals surface area contributed by atoms with Gasteiger partial charge < -0.3 is 10.6 Å². The zero-order chi connectivity index (χ0) is 13.9. The highest BCUT2D eigenvalue weighted by atomic mass is 19.3. The lowest BCUT2D eigenvalue weighted by atomic mass is 10.0. The molecule has 0 aliphatic carbocycles. The van der Waals surface area contributed by atoms with Crippen molar-refractivity contribution in [3.05, 3.63) is 35.4 Å². The van der Waals surface area contributed by atoms with Gasteiger partial charge in [0.2, 0.25) is 0 Å². The summed E-state index contributed by atoms with van der Waals surface area (Å²) in [6.07, 6.45) is 0.276. The molecule has 104 valence electrons. The predicted molar refractivity (Wildman–Crippen MR) is 69.3 cm³/mol. The second-order valence-electron chi connectivity index (χ2n) is 4.88. The van der Waals surface area contributed by atoms with E-state index in [0.717, 1.165) is 12.0 Å². The van der Waals surface area contributed by atoms with E-state index in [1.807, 2.05) is 12.1 Å². The first-order valence-electron chi connectivity index (χ1n) is 6.48. The van der Waals surface area contributed by atoms with Gasteiger partial charge in [0.1, 0.15) is 0 Å². The van der Waals surface area contributed by atoms with E-state index < -0.39 is 5.92 Å². The van der Waals surface area contributed by atoms with Gasteiger partial charge >= 0.3 is 0 Å². The Morgan fingerprint density at radius 1 is 1.21 bits per heavy atom. The van der Waals surface area contributed by atoms with Gasteiger partial charge in [-0.15, -0.1) is 0 Å². The zero-order valence-corrected chi connectivity index (χ0v) is 10.7. The van der Waals surface area contributed by atoms with Crippen molar-refractivity contribution in [2.75, 3.05) is 19.6 Å². The van der Waals surface area contributed by atoms with Crippen LogP contribution in [0.2, 0.25) is 0 Å². The van der Waals surface area contributed by atoms with Crippen LogP contribution in [0.3, 0.4) is 0 Å². The van der Waals surface area contributed by atoms with Crippen LogP contribution in [0.5, 0.6) is 0 Å². The number of piperidine rings is 1. The average Bonchev–Trinajstić information content (AvgIpc) is 2.39. The van der Waals surface area contributed by atoms with Crippen LogP contribution >= 0.6 is 0 Å². The molecular formula is C14H18F2N2O. The fraction of sp³-hybridized carbons (Fsp3) is 0.500. The zero-order valence-electron chi connectivity index (χ0n) is 10.7.